The zero-order chi connectivity index (χ0) is 21.9. The minimum absolute atomic E-state index is 0.0749. The fourth-order valence-corrected chi connectivity index (χ4v) is 4.55. The average molecular weight is 432 g/mol. The van der Waals surface area contributed by atoms with Gasteiger partial charge < -0.3 is 19.7 Å². The van der Waals surface area contributed by atoms with Crippen molar-refractivity contribution in [2.75, 3.05) is 31.9 Å². The number of anilines is 1. The Morgan fingerprint density at radius 3 is 2.53 bits per heavy atom. The lowest BCUT2D eigenvalue weighted by Gasteiger charge is -2.11. The molecule has 0 aliphatic carbocycles. The van der Waals surface area contributed by atoms with Gasteiger partial charge in [-0.3, -0.25) is 9.59 Å². The van der Waals surface area contributed by atoms with Gasteiger partial charge in [0.15, 0.2) is 21.3 Å². The predicted molar refractivity (Wildman–Crippen MR) is 112 cm³/mol. The number of methoxy groups -OCH3 is 2. The van der Waals surface area contributed by atoms with Crippen molar-refractivity contribution in [2.24, 2.45) is 0 Å². The molecule has 2 aromatic rings. The first-order valence-corrected chi connectivity index (χ1v) is 11.0. The van der Waals surface area contributed by atoms with Gasteiger partial charge in [-0.25, -0.2) is 8.42 Å². The summed E-state index contributed by atoms with van der Waals surface area (Å²) in [6, 6.07) is 9.91. The minimum atomic E-state index is -3.64. The van der Waals surface area contributed by atoms with E-state index in [0.29, 0.717) is 22.7 Å². The Balaban J connectivity index is 1.58. The fraction of sp³-hybridized carbons (Fsp3) is 0.333. The van der Waals surface area contributed by atoms with Gasteiger partial charge in [-0.15, -0.1) is 0 Å². The van der Waals surface area contributed by atoms with Crippen LogP contribution in [0, 0.1) is 0 Å². The van der Waals surface area contributed by atoms with Gasteiger partial charge in [0.1, 0.15) is 0 Å². The maximum atomic E-state index is 12.6. The van der Waals surface area contributed by atoms with Gasteiger partial charge in [-0.05, 0) is 41.5 Å². The molecule has 9 heteroatoms. The molecule has 2 aromatic carbocycles. The lowest BCUT2D eigenvalue weighted by Crippen LogP contribution is -2.25. The number of ether oxygens (including phenoxy) is 2. The number of nitrogens with one attached hydrogen (secondary N) is 1. The zero-order valence-electron chi connectivity index (χ0n) is 17.1. The summed E-state index contributed by atoms with van der Waals surface area (Å²) in [6.45, 7) is 0.243. The molecule has 0 atom stereocenters. The second-order valence-electron chi connectivity index (χ2n) is 6.95. The molecule has 0 saturated heterocycles. The molecule has 0 fully saturated rings. The number of carbonyl (C=O) groups is 2. The summed E-state index contributed by atoms with van der Waals surface area (Å²) >= 11 is 0. The Bertz CT molecular complexity index is 1080. The molecule has 30 heavy (non-hydrogen) atoms. The summed E-state index contributed by atoms with van der Waals surface area (Å²) < 4.78 is 35.6. The number of nitrogens with zero attached hydrogens (tertiary/aromatic N) is 1. The van der Waals surface area contributed by atoms with Crippen LogP contribution in [0.3, 0.4) is 0 Å². The van der Waals surface area contributed by atoms with Gasteiger partial charge in [-0.2, -0.15) is 0 Å². The topological polar surface area (TPSA) is 102 Å². The van der Waals surface area contributed by atoms with Crippen LogP contribution in [0.25, 0.3) is 0 Å². The van der Waals surface area contributed by atoms with Crippen LogP contribution in [0.1, 0.15) is 17.5 Å². The first kappa shape index (κ1) is 21.6. The Morgan fingerprint density at radius 2 is 1.83 bits per heavy atom. The number of carbonyl (C=O) groups excluding carboxylic acids is 2. The minimum Gasteiger partial charge on any atom is -0.493 e. The van der Waals surface area contributed by atoms with Crippen LogP contribution in [0.4, 0.5) is 5.69 Å². The van der Waals surface area contributed by atoms with Crippen LogP contribution in [-0.4, -0.2) is 47.3 Å². The molecule has 0 saturated carbocycles. The molecular weight excluding hydrogens is 408 g/mol. The van der Waals surface area contributed by atoms with E-state index in [9.17, 15) is 18.0 Å². The van der Waals surface area contributed by atoms with E-state index in [4.69, 9.17) is 9.47 Å². The van der Waals surface area contributed by atoms with Crippen LogP contribution >= 0.6 is 0 Å². The highest BCUT2D eigenvalue weighted by Gasteiger charge is 2.26. The number of fused-ring (bicyclic) bond motifs is 1. The van der Waals surface area contributed by atoms with Crippen LogP contribution in [-0.2, 0) is 32.4 Å². The maximum Gasteiger partial charge on any atom is 0.231 e. The second-order valence-corrected chi connectivity index (χ2v) is 9.06. The van der Waals surface area contributed by atoms with Gasteiger partial charge in [0.25, 0.3) is 0 Å². The van der Waals surface area contributed by atoms with Crippen molar-refractivity contribution in [1.29, 1.82) is 0 Å². The molecule has 1 aliphatic heterocycles. The molecule has 1 heterocycles. The lowest BCUT2D eigenvalue weighted by molar-refractivity contribution is -0.121. The van der Waals surface area contributed by atoms with E-state index in [1.54, 1.807) is 31.3 Å². The van der Waals surface area contributed by atoms with Crippen molar-refractivity contribution in [3.05, 3.63) is 47.5 Å². The number of rotatable bonds is 8. The zero-order valence-corrected chi connectivity index (χ0v) is 17.9. The normalized spacial score (nSPS) is 13.2. The highest BCUT2D eigenvalue weighted by molar-refractivity contribution is 7.91. The smallest absolute Gasteiger partial charge is 0.231 e. The van der Waals surface area contributed by atoms with Gasteiger partial charge >= 0.3 is 0 Å². The standard InChI is InChI=1S/C21H24N2O6S/c1-23-17-6-5-16(11-15(17)12-21(23)25)30(26,27)9-8-20(24)22-13-14-4-7-18(28-2)19(10-14)29-3/h4-7,10-11H,8-9,12-13H2,1-3H3,(H,22,24). The molecular formula is C21H24N2O6S. The Kier molecular flexibility index (Phi) is 6.31. The molecule has 2 amide bonds. The van der Waals surface area contributed by atoms with E-state index in [1.165, 1.54) is 31.3 Å². The summed E-state index contributed by atoms with van der Waals surface area (Å²) in [5.74, 6) is 0.375. The quantitative estimate of drug-likeness (QED) is 0.681. The van der Waals surface area contributed by atoms with E-state index in [1.807, 2.05) is 0 Å². The highest BCUT2D eigenvalue weighted by atomic mass is 32.2. The first-order valence-electron chi connectivity index (χ1n) is 9.35. The Hall–Kier alpha value is -3.07. The number of hydrogen-bond donors (Lipinski definition) is 1. The second kappa shape index (κ2) is 8.74. The third kappa shape index (κ3) is 4.56. The molecule has 0 aromatic heterocycles. The molecule has 0 unspecified atom stereocenters. The number of hydrogen-bond acceptors (Lipinski definition) is 6. The third-order valence-electron chi connectivity index (χ3n) is 5.02. The van der Waals surface area contributed by atoms with Crippen molar-refractivity contribution in [3.8, 4) is 11.5 Å². The van der Waals surface area contributed by atoms with Crippen LogP contribution in [0.5, 0.6) is 11.5 Å². The van der Waals surface area contributed by atoms with Crippen LogP contribution in [0.2, 0.25) is 0 Å². The Labute approximate surface area is 175 Å². The molecule has 1 N–H and O–H groups in total. The summed E-state index contributed by atoms with van der Waals surface area (Å²) in [6.07, 6.45) is 0.0204. The first-order chi connectivity index (χ1) is 14.2. The molecule has 3 rings (SSSR count). The largest absolute Gasteiger partial charge is 0.493 e. The maximum absolute atomic E-state index is 12.6. The van der Waals surface area contributed by atoms with Gasteiger partial charge in [0, 0.05) is 25.7 Å². The molecule has 8 nitrogen and oxygen atoms in total. The predicted octanol–water partition coefficient (Wildman–Crippen LogP) is 1.70. The lowest BCUT2D eigenvalue weighted by atomic mass is 10.2. The van der Waals surface area contributed by atoms with Gasteiger partial charge in [0.2, 0.25) is 11.8 Å². The number of sulfone groups is 1. The van der Waals surface area contributed by atoms with Gasteiger partial charge in [0.05, 0.1) is 31.3 Å². The SMILES string of the molecule is COc1ccc(CNC(=O)CCS(=O)(=O)c2ccc3c(c2)CC(=O)N3C)cc1OC. The fourth-order valence-electron chi connectivity index (χ4n) is 3.26. The van der Waals surface area contributed by atoms with Crippen molar-refractivity contribution >= 4 is 27.3 Å². The summed E-state index contributed by atoms with van der Waals surface area (Å²) in [7, 11) is 1.08. The molecule has 0 spiro atoms. The van der Waals surface area contributed by atoms with Crippen LogP contribution < -0.4 is 19.7 Å². The van der Waals surface area contributed by atoms with Crippen molar-refractivity contribution in [2.45, 2.75) is 24.3 Å². The molecule has 1 aliphatic rings. The van der Waals surface area contributed by atoms with E-state index < -0.39 is 9.84 Å². The monoisotopic (exact) mass is 432 g/mol. The summed E-state index contributed by atoms with van der Waals surface area (Å²) in [4.78, 5) is 25.6. The number of benzene rings is 2. The molecule has 0 radical (unpaired) electrons. The third-order valence-corrected chi connectivity index (χ3v) is 6.74. The van der Waals surface area contributed by atoms with Crippen LogP contribution in [0.15, 0.2) is 41.3 Å². The summed E-state index contributed by atoms with van der Waals surface area (Å²) in [5, 5.41) is 2.71. The molecule has 0 bridgehead atoms. The van der Waals surface area contributed by atoms with Crippen molar-refractivity contribution in [3.63, 3.8) is 0 Å². The van der Waals surface area contributed by atoms with Crippen molar-refractivity contribution in [1.82, 2.24) is 5.32 Å². The van der Waals surface area contributed by atoms with Crippen molar-refractivity contribution < 1.29 is 27.5 Å². The average Bonchev–Trinajstić information content (AvgIpc) is 3.03. The molecule has 160 valence electrons. The van der Waals surface area contributed by atoms with E-state index in [-0.39, 0.29) is 41.8 Å². The Morgan fingerprint density at radius 1 is 1.10 bits per heavy atom. The highest BCUT2D eigenvalue weighted by Crippen LogP contribution is 2.30. The summed E-state index contributed by atoms with van der Waals surface area (Å²) in [5.41, 5.74) is 2.20. The van der Waals surface area contributed by atoms with Gasteiger partial charge in [-0.1, -0.05) is 6.07 Å². The number of amides is 2. The number of likely N-dealkylation sites (N-methyl/N-ethyl adjacent to an activating group) is 1. The van der Waals surface area contributed by atoms with E-state index in [2.05, 4.69) is 5.32 Å². The van der Waals surface area contributed by atoms with E-state index >= 15 is 0 Å². The van der Waals surface area contributed by atoms with E-state index in [0.717, 1.165) is 5.56 Å².